The molecule has 18 heavy (non-hydrogen) atoms. The van der Waals surface area contributed by atoms with E-state index in [9.17, 15) is 4.79 Å². The van der Waals surface area contributed by atoms with Gasteiger partial charge in [0.2, 0.25) is 5.91 Å². The number of nitrogens with one attached hydrogen (secondary N) is 1. The van der Waals surface area contributed by atoms with Crippen molar-refractivity contribution in [2.45, 2.75) is 39.2 Å². The number of carbonyl (C=O) groups is 1. The summed E-state index contributed by atoms with van der Waals surface area (Å²) in [5.74, 6) is 1.12. The van der Waals surface area contributed by atoms with Gasteiger partial charge in [-0.2, -0.15) is 0 Å². The van der Waals surface area contributed by atoms with Gasteiger partial charge in [-0.15, -0.1) is 0 Å². The van der Waals surface area contributed by atoms with E-state index in [1.807, 2.05) is 25.1 Å². The highest BCUT2D eigenvalue weighted by Crippen LogP contribution is 2.29. The smallest absolute Gasteiger partial charge is 0.225 e. The van der Waals surface area contributed by atoms with Gasteiger partial charge in [0.25, 0.3) is 0 Å². The van der Waals surface area contributed by atoms with E-state index in [1.165, 1.54) is 0 Å². The summed E-state index contributed by atoms with van der Waals surface area (Å²) in [7, 11) is 1.65. The van der Waals surface area contributed by atoms with E-state index < -0.39 is 0 Å². The van der Waals surface area contributed by atoms with Crippen LogP contribution in [-0.2, 0) is 4.79 Å². The second kappa shape index (κ2) is 6.40. The Morgan fingerprint density at radius 2 is 2.06 bits per heavy atom. The fraction of sp³-hybridized carbons (Fsp3) is 0.500. The van der Waals surface area contributed by atoms with Gasteiger partial charge in [-0.25, -0.2) is 0 Å². The summed E-state index contributed by atoms with van der Waals surface area (Å²) in [5.41, 5.74) is 7.45. The zero-order valence-corrected chi connectivity index (χ0v) is 11.5. The average molecular weight is 250 g/mol. The van der Waals surface area contributed by atoms with Crippen LogP contribution in [0.25, 0.3) is 0 Å². The van der Waals surface area contributed by atoms with Crippen LogP contribution in [0.15, 0.2) is 18.2 Å². The van der Waals surface area contributed by atoms with Crippen LogP contribution in [0.5, 0.6) is 5.75 Å². The van der Waals surface area contributed by atoms with Crippen LogP contribution >= 0.6 is 0 Å². The lowest BCUT2D eigenvalue weighted by atomic mass is 10.0. The van der Waals surface area contributed by atoms with Crippen LogP contribution < -0.4 is 15.8 Å². The Hall–Kier alpha value is -1.55. The van der Waals surface area contributed by atoms with Crippen molar-refractivity contribution in [2.75, 3.05) is 12.4 Å². The molecule has 1 rings (SSSR count). The molecule has 1 amide bonds. The van der Waals surface area contributed by atoms with Gasteiger partial charge in [0.15, 0.2) is 0 Å². The molecule has 0 bridgehead atoms. The van der Waals surface area contributed by atoms with Crippen molar-refractivity contribution in [3.8, 4) is 5.75 Å². The summed E-state index contributed by atoms with van der Waals surface area (Å²) in [6, 6.07) is 5.52. The van der Waals surface area contributed by atoms with Gasteiger partial charge in [-0.05, 0) is 36.6 Å². The van der Waals surface area contributed by atoms with E-state index in [-0.39, 0.29) is 11.9 Å². The molecule has 1 aromatic carbocycles. The molecule has 0 saturated carbocycles. The van der Waals surface area contributed by atoms with Crippen molar-refractivity contribution >= 4 is 11.6 Å². The SMILES string of the molecule is COc1ccc(NC(=O)CC(C)N)cc1C(C)C. The summed E-state index contributed by atoms with van der Waals surface area (Å²) >= 11 is 0. The number of hydrogen-bond acceptors (Lipinski definition) is 3. The van der Waals surface area contributed by atoms with Crippen molar-refractivity contribution in [3.05, 3.63) is 23.8 Å². The normalized spacial score (nSPS) is 12.3. The Morgan fingerprint density at radius 3 is 2.56 bits per heavy atom. The van der Waals surface area contributed by atoms with Gasteiger partial charge in [-0.1, -0.05) is 13.8 Å². The molecular formula is C14H22N2O2. The van der Waals surface area contributed by atoms with E-state index in [2.05, 4.69) is 19.2 Å². The number of rotatable bonds is 5. The van der Waals surface area contributed by atoms with Crippen LogP contribution in [-0.4, -0.2) is 19.1 Å². The molecule has 0 radical (unpaired) electrons. The molecule has 1 aromatic rings. The van der Waals surface area contributed by atoms with Crippen molar-refractivity contribution < 1.29 is 9.53 Å². The van der Waals surface area contributed by atoms with E-state index in [1.54, 1.807) is 7.11 Å². The number of ether oxygens (including phenoxy) is 1. The molecule has 1 unspecified atom stereocenters. The Morgan fingerprint density at radius 1 is 1.39 bits per heavy atom. The number of anilines is 1. The number of amides is 1. The third-order valence-corrected chi connectivity index (χ3v) is 2.64. The van der Waals surface area contributed by atoms with Crippen molar-refractivity contribution in [3.63, 3.8) is 0 Å². The molecule has 1 atom stereocenters. The number of methoxy groups -OCH3 is 1. The molecule has 4 nitrogen and oxygen atoms in total. The first-order valence-electron chi connectivity index (χ1n) is 6.17. The third-order valence-electron chi connectivity index (χ3n) is 2.64. The fourth-order valence-electron chi connectivity index (χ4n) is 1.77. The Balaban J connectivity index is 2.85. The van der Waals surface area contributed by atoms with Crippen LogP contribution in [0, 0.1) is 0 Å². The maximum absolute atomic E-state index is 11.6. The quantitative estimate of drug-likeness (QED) is 0.844. The minimum atomic E-state index is -0.132. The van der Waals surface area contributed by atoms with Gasteiger partial charge in [0.1, 0.15) is 5.75 Å². The predicted molar refractivity (Wildman–Crippen MR) is 74.0 cm³/mol. The molecule has 100 valence electrons. The molecule has 0 aliphatic heterocycles. The lowest BCUT2D eigenvalue weighted by Gasteiger charge is -2.14. The topological polar surface area (TPSA) is 64.3 Å². The molecule has 0 aliphatic carbocycles. The number of carbonyl (C=O) groups excluding carboxylic acids is 1. The lowest BCUT2D eigenvalue weighted by molar-refractivity contribution is -0.116. The average Bonchev–Trinajstić information content (AvgIpc) is 2.27. The highest BCUT2D eigenvalue weighted by atomic mass is 16.5. The van der Waals surface area contributed by atoms with Crippen LogP contribution in [0.1, 0.15) is 38.7 Å². The molecule has 0 saturated heterocycles. The first kappa shape index (κ1) is 14.5. The summed E-state index contributed by atoms with van der Waals surface area (Å²) < 4.78 is 5.30. The number of benzene rings is 1. The monoisotopic (exact) mass is 250 g/mol. The molecule has 0 aromatic heterocycles. The first-order chi connectivity index (χ1) is 8.43. The molecular weight excluding hydrogens is 228 g/mol. The molecule has 0 aliphatic rings. The van der Waals surface area contributed by atoms with Crippen molar-refractivity contribution in [1.29, 1.82) is 0 Å². The Labute approximate surface area is 109 Å². The van der Waals surface area contributed by atoms with Crippen molar-refractivity contribution in [1.82, 2.24) is 0 Å². The Kier molecular flexibility index (Phi) is 5.16. The van der Waals surface area contributed by atoms with Crippen molar-refractivity contribution in [2.24, 2.45) is 5.73 Å². The summed E-state index contributed by atoms with van der Waals surface area (Å²) in [4.78, 5) is 11.6. The molecule has 0 spiro atoms. The zero-order valence-electron chi connectivity index (χ0n) is 11.5. The van der Waals surface area contributed by atoms with Crippen LogP contribution in [0.2, 0.25) is 0 Å². The van der Waals surface area contributed by atoms with E-state index in [4.69, 9.17) is 10.5 Å². The van der Waals surface area contributed by atoms with E-state index in [0.29, 0.717) is 12.3 Å². The van der Waals surface area contributed by atoms with Gasteiger partial charge in [-0.3, -0.25) is 4.79 Å². The van der Waals surface area contributed by atoms with Crippen LogP contribution in [0.4, 0.5) is 5.69 Å². The van der Waals surface area contributed by atoms with Gasteiger partial charge >= 0.3 is 0 Å². The maximum atomic E-state index is 11.6. The highest BCUT2D eigenvalue weighted by molar-refractivity contribution is 5.91. The number of hydrogen-bond donors (Lipinski definition) is 2. The highest BCUT2D eigenvalue weighted by Gasteiger charge is 2.10. The summed E-state index contributed by atoms with van der Waals surface area (Å²) in [6.45, 7) is 5.99. The third kappa shape index (κ3) is 4.04. The van der Waals surface area contributed by atoms with E-state index >= 15 is 0 Å². The van der Waals surface area contributed by atoms with Gasteiger partial charge < -0.3 is 15.8 Å². The number of nitrogens with two attached hydrogens (primary N) is 1. The molecule has 0 heterocycles. The fourth-order valence-corrected chi connectivity index (χ4v) is 1.77. The maximum Gasteiger partial charge on any atom is 0.225 e. The summed E-state index contributed by atoms with van der Waals surface area (Å²) in [6.07, 6.45) is 0.322. The first-order valence-corrected chi connectivity index (χ1v) is 6.17. The molecule has 3 N–H and O–H groups in total. The van der Waals surface area contributed by atoms with Gasteiger partial charge in [0, 0.05) is 18.2 Å². The lowest BCUT2D eigenvalue weighted by Crippen LogP contribution is -2.24. The van der Waals surface area contributed by atoms with Gasteiger partial charge in [0.05, 0.1) is 7.11 Å². The standard InChI is InChI=1S/C14H22N2O2/c1-9(2)12-8-11(5-6-13(12)18-4)16-14(17)7-10(3)15/h5-6,8-10H,7,15H2,1-4H3,(H,16,17). The summed E-state index contributed by atoms with van der Waals surface area (Å²) in [5, 5.41) is 2.85. The second-order valence-electron chi connectivity index (χ2n) is 4.84. The molecule has 4 heteroatoms. The van der Waals surface area contributed by atoms with E-state index in [0.717, 1.165) is 17.0 Å². The largest absolute Gasteiger partial charge is 0.496 e. The molecule has 0 fully saturated rings. The minimum Gasteiger partial charge on any atom is -0.496 e. The second-order valence-corrected chi connectivity index (χ2v) is 4.84. The predicted octanol–water partition coefficient (Wildman–Crippen LogP) is 2.49. The Bertz CT molecular complexity index is 414. The minimum absolute atomic E-state index is 0.0649. The van der Waals surface area contributed by atoms with Crippen LogP contribution in [0.3, 0.4) is 0 Å². The zero-order chi connectivity index (χ0) is 13.7.